The molecule has 1 saturated carbocycles. The molecule has 0 aromatic rings. The zero-order valence-electron chi connectivity index (χ0n) is 13.6. The highest BCUT2D eigenvalue weighted by atomic mass is 15.0. The summed E-state index contributed by atoms with van der Waals surface area (Å²) in [5.41, 5.74) is 0.472. The molecule has 0 aromatic heterocycles. The molecule has 3 atom stereocenters. The van der Waals surface area contributed by atoms with E-state index in [0.717, 1.165) is 12.0 Å². The van der Waals surface area contributed by atoms with E-state index in [0.29, 0.717) is 5.54 Å². The Morgan fingerprint density at radius 1 is 1.15 bits per heavy atom. The van der Waals surface area contributed by atoms with Gasteiger partial charge in [-0.1, -0.05) is 51.5 Å². The normalized spacial score (nSPS) is 33.6. The van der Waals surface area contributed by atoms with Gasteiger partial charge in [0.15, 0.2) is 0 Å². The average Bonchev–Trinajstić information content (AvgIpc) is 2.49. The number of fused-ring (bicyclic) bond motifs is 1. The molecule has 116 valence electrons. The number of rotatable bonds is 8. The number of unbranched alkanes of at least 4 members (excludes halogenated alkanes) is 3. The van der Waals surface area contributed by atoms with Crippen LogP contribution >= 0.6 is 0 Å². The summed E-state index contributed by atoms with van der Waals surface area (Å²) in [6, 6.07) is 0.797. The largest absolute Gasteiger partial charge is 0.308 e. The van der Waals surface area contributed by atoms with Gasteiger partial charge in [-0.25, -0.2) is 0 Å². The quantitative estimate of drug-likeness (QED) is 0.449. The highest BCUT2D eigenvalue weighted by Crippen LogP contribution is 2.43. The summed E-state index contributed by atoms with van der Waals surface area (Å²) >= 11 is 0. The molecule has 1 nitrogen and oxygen atoms in total. The van der Waals surface area contributed by atoms with Crippen molar-refractivity contribution < 1.29 is 0 Å². The highest BCUT2D eigenvalue weighted by Gasteiger charge is 2.43. The molecule has 0 bridgehead atoms. The van der Waals surface area contributed by atoms with Crippen LogP contribution in [-0.2, 0) is 0 Å². The first kappa shape index (κ1) is 16.1. The Morgan fingerprint density at radius 2 is 2.05 bits per heavy atom. The summed E-state index contributed by atoms with van der Waals surface area (Å²) in [6.45, 7) is 6.24. The highest BCUT2D eigenvalue weighted by molar-refractivity contribution is 5.03. The second-order valence-electron chi connectivity index (χ2n) is 7.19. The summed E-state index contributed by atoms with van der Waals surface area (Å²) in [4.78, 5) is 0. The molecular formula is C19H35N. The second-order valence-corrected chi connectivity index (χ2v) is 7.19. The summed E-state index contributed by atoms with van der Waals surface area (Å²) in [5, 5.41) is 4.13. The summed E-state index contributed by atoms with van der Waals surface area (Å²) in [6.07, 6.45) is 20.3. The van der Waals surface area contributed by atoms with E-state index in [1.54, 1.807) is 0 Å². The van der Waals surface area contributed by atoms with E-state index in [4.69, 9.17) is 0 Å². The van der Waals surface area contributed by atoms with Crippen LogP contribution in [0.25, 0.3) is 0 Å². The van der Waals surface area contributed by atoms with Crippen molar-refractivity contribution in [3.63, 3.8) is 0 Å². The second kappa shape index (κ2) is 8.22. The van der Waals surface area contributed by atoms with Crippen LogP contribution in [0.5, 0.6) is 0 Å². The lowest BCUT2D eigenvalue weighted by Crippen LogP contribution is -2.59. The van der Waals surface area contributed by atoms with Crippen LogP contribution in [0.15, 0.2) is 12.7 Å². The van der Waals surface area contributed by atoms with Gasteiger partial charge in [-0.2, -0.15) is 0 Å². The predicted molar refractivity (Wildman–Crippen MR) is 89.0 cm³/mol. The molecule has 2 rings (SSSR count). The van der Waals surface area contributed by atoms with Gasteiger partial charge in [-0.15, -0.1) is 6.58 Å². The first-order valence-electron chi connectivity index (χ1n) is 9.19. The third-order valence-corrected chi connectivity index (χ3v) is 5.76. The molecule has 0 radical (unpaired) electrons. The third kappa shape index (κ3) is 4.10. The SMILES string of the molecule is C=CCC[C@@]12CCCC[C@H]1CC[C@@H](CCCCCC)N2. The van der Waals surface area contributed by atoms with Crippen LogP contribution < -0.4 is 5.32 Å². The topological polar surface area (TPSA) is 12.0 Å². The maximum absolute atomic E-state index is 4.13. The fourth-order valence-electron chi connectivity index (χ4n) is 4.60. The van der Waals surface area contributed by atoms with Gasteiger partial charge < -0.3 is 5.32 Å². The lowest BCUT2D eigenvalue weighted by Gasteiger charge is -2.51. The molecule has 1 aliphatic carbocycles. The molecule has 1 aliphatic heterocycles. The maximum Gasteiger partial charge on any atom is 0.0215 e. The lowest BCUT2D eigenvalue weighted by atomic mass is 9.65. The van der Waals surface area contributed by atoms with Crippen molar-refractivity contribution in [1.82, 2.24) is 5.32 Å². The molecule has 0 spiro atoms. The average molecular weight is 277 g/mol. The Kier molecular flexibility index (Phi) is 6.61. The van der Waals surface area contributed by atoms with Crippen LogP contribution in [-0.4, -0.2) is 11.6 Å². The van der Waals surface area contributed by atoms with Gasteiger partial charge in [0, 0.05) is 11.6 Å². The van der Waals surface area contributed by atoms with Gasteiger partial charge in [-0.05, 0) is 50.9 Å². The van der Waals surface area contributed by atoms with E-state index in [1.165, 1.54) is 83.5 Å². The van der Waals surface area contributed by atoms with Crippen LogP contribution in [0.2, 0.25) is 0 Å². The van der Waals surface area contributed by atoms with Crippen molar-refractivity contribution in [2.45, 2.75) is 102 Å². The first-order valence-corrected chi connectivity index (χ1v) is 9.19. The fraction of sp³-hybridized carbons (Fsp3) is 0.895. The molecule has 1 heteroatoms. The van der Waals surface area contributed by atoms with Gasteiger partial charge in [0.2, 0.25) is 0 Å². The molecule has 2 aliphatic rings. The summed E-state index contributed by atoms with van der Waals surface area (Å²) in [7, 11) is 0. The number of allylic oxidation sites excluding steroid dienone is 1. The van der Waals surface area contributed by atoms with Crippen molar-refractivity contribution >= 4 is 0 Å². The minimum Gasteiger partial charge on any atom is -0.308 e. The zero-order valence-corrected chi connectivity index (χ0v) is 13.6. The van der Waals surface area contributed by atoms with Crippen molar-refractivity contribution in [3.8, 4) is 0 Å². The fourth-order valence-corrected chi connectivity index (χ4v) is 4.60. The number of piperidine rings is 1. The minimum atomic E-state index is 0.472. The minimum absolute atomic E-state index is 0.472. The lowest BCUT2D eigenvalue weighted by molar-refractivity contribution is 0.0656. The van der Waals surface area contributed by atoms with E-state index in [2.05, 4.69) is 24.9 Å². The first-order chi connectivity index (χ1) is 9.80. The summed E-state index contributed by atoms with van der Waals surface area (Å²) in [5.74, 6) is 0.947. The Balaban J connectivity index is 1.87. The third-order valence-electron chi connectivity index (χ3n) is 5.76. The van der Waals surface area contributed by atoms with E-state index in [9.17, 15) is 0 Å². The zero-order chi connectivity index (χ0) is 14.3. The standard InChI is InChI=1S/C19H35N/c1-3-5-7-8-12-18-14-13-17-11-9-10-16-19(17,20-18)15-6-4-2/h4,17-18,20H,2-3,5-16H2,1H3/t17-,18+,19+/m0/s1. The molecular weight excluding hydrogens is 242 g/mol. The summed E-state index contributed by atoms with van der Waals surface area (Å²) < 4.78 is 0. The van der Waals surface area contributed by atoms with Crippen molar-refractivity contribution in [2.75, 3.05) is 0 Å². The Bertz CT molecular complexity index is 285. The number of hydrogen-bond acceptors (Lipinski definition) is 1. The van der Waals surface area contributed by atoms with Crippen LogP contribution in [0.3, 0.4) is 0 Å². The molecule has 2 fully saturated rings. The van der Waals surface area contributed by atoms with Gasteiger partial charge in [-0.3, -0.25) is 0 Å². The van der Waals surface area contributed by atoms with Gasteiger partial charge in [0.25, 0.3) is 0 Å². The Hall–Kier alpha value is -0.300. The van der Waals surface area contributed by atoms with Crippen LogP contribution in [0, 0.1) is 5.92 Å². The van der Waals surface area contributed by atoms with Crippen molar-refractivity contribution in [1.29, 1.82) is 0 Å². The molecule has 0 unspecified atom stereocenters. The van der Waals surface area contributed by atoms with E-state index in [1.807, 2.05) is 0 Å². The van der Waals surface area contributed by atoms with E-state index < -0.39 is 0 Å². The van der Waals surface area contributed by atoms with E-state index in [-0.39, 0.29) is 0 Å². The molecule has 1 saturated heterocycles. The smallest absolute Gasteiger partial charge is 0.0215 e. The van der Waals surface area contributed by atoms with Gasteiger partial charge in [0.1, 0.15) is 0 Å². The van der Waals surface area contributed by atoms with Crippen molar-refractivity contribution in [2.24, 2.45) is 5.92 Å². The van der Waals surface area contributed by atoms with E-state index >= 15 is 0 Å². The monoisotopic (exact) mass is 277 g/mol. The molecule has 1 N–H and O–H groups in total. The number of hydrogen-bond donors (Lipinski definition) is 1. The van der Waals surface area contributed by atoms with Gasteiger partial charge in [0.05, 0.1) is 0 Å². The maximum atomic E-state index is 4.13. The van der Waals surface area contributed by atoms with Crippen molar-refractivity contribution in [3.05, 3.63) is 12.7 Å². The molecule has 1 heterocycles. The molecule has 0 aromatic carbocycles. The number of nitrogens with one attached hydrogen (secondary N) is 1. The molecule has 20 heavy (non-hydrogen) atoms. The predicted octanol–water partition coefficient (Wildman–Crippen LogP) is 5.60. The van der Waals surface area contributed by atoms with Crippen LogP contribution in [0.4, 0.5) is 0 Å². The van der Waals surface area contributed by atoms with Gasteiger partial charge >= 0.3 is 0 Å². The Labute approximate surface area is 126 Å². The Morgan fingerprint density at radius 3 is 2.85 bits per heavy atom. The van der Waals surface area contributed by atoms with Crippen LogP contribution in [0.1, 0.15) is 90.4 Å². The molecule has 0 amide bonds.